The zero-order valence-electron chi connectivity index (χ0n) is 15.2. The van der Waals surface area contributed by atoms with Gasteiger partial charge in [-0.1, -0.05) is 18.2 Å². The fourth-order valence-corrected chi connectivity index (χ4v) is 3.16. The summed E-state index contributed by atoms with van der Waals surface area (Å²) in [7, 11) is 1.27. The summed E-state index contributed by atoms with van der Waals surface area (Å²) >= 11 is 0. The monoisotopic (exact) mass is 373 g/mol. The highest BCUT2D eigenvalue weighted by Gasteiger charge is 2.42. The predicted molar refractivity (Wildman–Crippen MR) is 92.5 cm³/mol. The van der Waals surface area contributed by atoms with Crippen LogP contribution in [0.3, 0.4) is 0 Å². The number of allylic oxidation sites excluding steroid dienone is 2. The number of carbonyl (C=O) groups is 3. The van der Waals surface area contributed by atoms with Gasteiger partial charge in [-0.2, -0.15) is 0 Å². The van der Waals surface area contributed by atoms with Crippen LogP contribution in [0, 0.1) is 0 Å². The van der Waals surface area contributed by atoms with E-state index in [1.54, 1.807) is 38.1 Å². The molecule has 0 radical (unpaired) electrons. The molecule has 2 aliphatic heterocycles. The molecule has 3 rings (SSSR count). The van der Waals surface area contributed by atoms with Gasteiger partial charge in [0.05, 0.1) is 42.2 Å². The van der Waals surface area contributed by atoms with Crippen LogP contribution in [-0.4, -0.2) is 38.4 Å². The van der Waals surface area contributed by atoms with Crippen molar-refractivity contribution in [3.8, 4) is 0 Å². The van der Waals surface area contributed by atoms with Crippen molar-refractivity contribution in [2.24, 2.45) is 0 Å². The predicted octanol–water partition coefficient (Wildman–Crippen LogP) is 2.38. The van der Waals surface area contributed by atoms with E-state index in [1.807, 2.05) is 0 Å². The van der Waals surface area contributed by atoms with E-state index in [4.69, 9.17) is 18.9 Å². The van der Waals surface area contributed by atoms with E-state index >= 15 is 0 Å². The number of hydrogen-bond acceptors (Lipinski definition) is 8. The fraction of sp³-hybridized carbons (Fsp3) is 0.316. The molecule has 0 spiro atoms. The lowest BCUT2D eigenvalue weighted by molar-refractivity contribution is -0.136. The summed E-state index contributed by atoms with van der Waals surface area (Å²) in [6.07, 6.45) is -0.899. The normalized spacial score (nSPS) is 18.5. The Morgan fingerprint density at radius 3 is 2.74 bits per heavy atom. The number of ether oxygens (including phenoxy) is 4. The van der Waals surface area contributed by atoms with E-state index in [9.17, 15) is 14.4 Å². The van der Waals surface area contributed by atoms with Crippen LogP contribution in [0.5, 0.6) is 0 Å². The molecule has 27 heavy (non-hydrogen) atoms. The number of rotatable bonds is 4. The lowest BCUT2D eigenvalue weighted by atomic mass is 9.83. The maximum Gasteiger partial charge on any atom is 0.513 e. The minimum absolute atomic E-state index is 0.0785. The topological polar surface area (TPSA) is 100 Å². The van der Waals surface area contributed by atoms with Crippen LogP contribution in [0.15, 0.2) is 47.0 Å². The summed E-state index contributed by atoms with van der Waals surface area (Å²) in [5.74, 6) is -1.75. The third kappa shape index (κ3) is 3.38. The lowest BCUT2D eigenvalue weighted by Gasteiger charge is -2.28. The molecule has 0 aromatic heterocycles. The number of dihydropyridines is 1. The number of cyclic esters (lactones) is 1. The Kier molecular flexibility index (Phi) is 5.16. The highest BCUT2D eigenvalue weighted by atomic mass is 16.7. The molecule has 0 amide bonds. The molecule has 2 heterocycles. The molecule has 0 aliphatic carbocycles. The van der Waals surface area contributed by atoms with E-state index in [1.165, 1.54) is 7.11 Å². The van der Waals surface area contributed by atoms with Crippen molar-refractivity contribution >= 4 is 18.1 Å². The Balaban J connectivity index is 2.14. The van der Waals surface area contributed by atoms with E-state index in [0.717, 1.165) is 0 Å². The minimum Gasteiger partial charge on any atom is -0.465 e. The van der Waals surface area contributed by atoms with Crippen molar-refractivity contribution in [2.75, 3.05) is 20.3 Å². The van der Waals surface area contributed by atoms with E-state index in [0.29, 0.717) is 17.0 Å². The van der Waals surface area contributed by atoms with Gasteiger partial charge < -0.3 is 24.3 Å². The van der Waals surface area contributed by atoms with Crippen LogP contribution >= 0.6 is 0 Å². The zero-order chi connectivity index (χ0) is 19.6. The largest absolute Gasteiger partial charge is 0.513 e. The number of methoxy groups -OCH3 is 1. The van der Waals surface area contributed by atoms with Crippen molar-refractivity contribution in [2.45, 2.75) is 19.8 Å². The van der Waals surface area contributed by atoms with Gasteiger partial charge in [0.2, 0.25) is 0 Å². The van der Waals surface area contributed by atoms with Crippen LogP contribution in [0.2, 0.25) is 0 Å². The number of esters is 2. The van der Waals surface area contributed by atoms with Crippen molar-refractivity contribution in [3.05, 3.63) is 58.1 Å². The second-order valence-electron chi connectivity index (χ2n) is 5.88. The van der Waals surface area contributed by atoms with Gasteiger partial charge in [-0.15, -0.1) is 0 Å². The molecule has 0 saturated carbocycles. The summed E-state index contributed by atoms with van der Waals surface area (Å²) in [6.45, 7) is 3.57. The van der Waals surface area contributed by atoms with Crippen LogP contribution in [0.1, 0.15) is 35.7 Å². The molecule has 2 aliphatic rings. The average Bonchev–Trinajstić information content (AvgIpc) is 3.02. The average molecular weight is 373 g/mol. The Morgan fingerprint density at radius 1 is 1.30 bits per heavy atom. The second kappa shape index (κ2) is 7.53. The van der Waals surface area contributed by atoms with Crippen molar-refractivity contribution in [1.29, 1.82) is 0 Å². The van der Waals surface area contributed by atoms with Crippen molar-refractivity contribution in [3.63, 3.8) is 0 Å². The zero-order valence-corrected chi connectivity index (χ0v) is 15.2. The molecule has 1 aromatic rings. The van der Waals surface area contributed by atoms with Crippen molar-refractivity contribution < 1.29 is 33.3 Å². The number of benzene rings is 1. The van der Waals surface area contributed by atoms with E-state index in [2.05, 4.69) is 5.32 Å². The molecule has 1 aromatic carbocycles. The summed E-state index contributed by atoms with van der Waals surface area (Å²) < 4.78 is 20.3. The SMILES string of the molecule is CCOC(=O)OC1=C(C)NC2=C(C(=O)OC2)C1c1ccccc1C(=O)OC. The van der Waals surface area contributed by atoms with Gasteiger partial charge in [0.15, 0.2) is 0 Å². The first-order chi connectivity index (χ1) is 13.0. The highest BCUT2D eigenvalue weighted by molar-refractivity contribution is 5.97. The summed E-state index contributed by atoms with van der Waals surface area (Å²) in [4.78, 5) is 36.6. The molecule has 0 fully saturated rings. The van der Waals surface area contributed by atoms with Gasteiger partial charge in [0.25, 0.3) is 0 Å². The quantitative estimate of drug-likeness (QED) is 0.634. The summed E-state index contributed by atoms with van der Waals surface area (Å²) in [6, 6.07) is 6.67. The fourth-order valence-electron chi connectivity index (χ4n) is 3.16. The van der Waals surface area contributed by atoms with E-state index in [-0.39, 0.29) is 30.1 Å². The third-order valence-corrected chi connectivity index (χ3v) is 4.28. The van der Waals surface area contributed by atoms with Crippen LogP contribution < -0.4 is 5.32 Å². The Morgan fingerprint density at radius 2 is 2.04 bits per heavy atom. The minimum atomic E-state index is -0.899. The first-order valence-corrected chi connectivity index (χ1v) is 8.37. The van der Waals surface area contributed by atoms with Gasteiger partial charge in [-0.25, -0.2) is 14.4 Å². The van der Waals surface area contributed by atoms with Gasteiger partial charge >= 0.3 is 18.1 Å². The maximum atomic E-state index is 12.4. The molecular formula is C19H19NO7. The van der Waals surface area contributed by atoms with Gasteiger partial charge in [0, 0.05) is 0 Å². The van der Waals surface area contributed by atoms with E-state index < -0.39 is 24.0 Å². The Labute approximate surface area is 155 Å². The van der Waals surface area contributed by atoms with Gasteiger partial charge in [0.1, 0.15) is 12.4 Å². The summed E-state index contributed by atoms with van der Waals surface area (Å²) in [5, 5.41) is 3.03. The molecule has 0 saturated heterocycles. The molecule has 1 N–H and O–H groups in total. The van der Waals surface area contributed by atoms with Crippen LogP contribution in [-0.2, 0) is 23.7 Å². The Hall–Kier alpha value is -3.29. The molecule has 1 unspecified atom stereocenters. The molecule has 142 valence electrons. The van der Waals surface area contributed by atoms with Crippen LogP contribution in [0.4, 0.5) is 4.79 Å². The molecular weight excluding hydrogens is 354 g/mol. The first-order valence-electron chi connectivity index (χ1n) is 8.37. The van der Waals surface area contributed by atoms with Gasteiger partial charge in [-0.3, -0.25) is 0 Å². The number of nitrogens with one attached hydrogen (secondary N) is 1. The van der Waals surface area contributed by atoms with Crippen molar-refractivity contribution in [1.82, 2.24) is 5.32 Å². The molecule has 8 nitrogen and oxygen atoms in total. The molecule has 1 atom stereocenters. The molecule has 0 bridgehead atoms. The standard InChI is InChI=1S/C19H19NO7/c1-4-25-19(23)27-16-10(2)20-13-9-26-18(22)15(13)14(16)11-7-5-6-8-12(11)17(21)24-3/h5-8,14,20H,4,9H2,1-3H3. The Bertz CT molecular complexity index is 869. The third-order valence-electron chi connectivity index (χ3n) is 4.28. The second-order valence-corrected chi connectivity index (χ2v) is 5.88. The first kappa shape index (κ1) is 18.5. The number of carbonyl (C=O) groups excluding carboxylic acids is 3. The highest BCUT2D eigenvalue weighted by Crippen LogP contribution is 2.42. The lowest BCUT2D eigenvalue weighted by Crippen LogP contribution is -2.29. The summed E-state index contributed by atoms with van der Waals surface area (Å²) in [5.41, 5.74) is 2.10. The smallest absolute Gasteiger partial charge is 0.465 e. The van der Waals surface area contributed by atoms with Gasteiger partial charge in [-0.05, 0) is 25.5 Å². The molecule has 8 heteroatoms. The van der Waals surface area contributed by atoms with Crippen LogP contribution in [0.25, 0.3) is 0 Å². The maximum absolute atomic E-state index is 12.4. The number of hydrogen-bond donors (Lipinski definition) is 1.